The predicted molar refractivity (Wildman–Crippen MR) is 73.0 cm³/mol. The number of carbonyl (C=O) groups is 1. The average molecular weight is 287 g/mol. The van der Waals surface area contributed by atoms with Gasteiger partial charge in [-0.2, -0.15) is 8.42 Å². The second kappa shape index (κ2) is 6.28. The first kappa shape index (κ1) is 15.1. The van der Waals surface area contributed by atoms with Gasteiger partial charge in [0.15, 0.2) is 0 Å². The number of nitrogens with two attached hydrogens (primary N) is 1. The number of anilines is 2. The number of benzene rings is 1. The molecule has 0 radical (unpaired) electrons. The minimum Gasteiger partial charge on any atom is -0.452 e. The fourth-order valence-electron chi connectivity index (χ4n) is 1.43. The van der Waals surface area contributed by atoms with E-state index in [-0.39, 0.29) is 6.54 Å². The van der Waals surface area contributed by atoms with Crippen LogP contribution in [0.3, 0.4) is 0 Å². The van der Waals surface area contributed by atoms with Gasteiger partial charge in [0.1, 0.15) is 0 Å². The van der Waals surface area contributed by atoms with Crippen LogP contribution in [-0.4, -0.2) is 28.2 Å². The highest BCUT2D eigenvalue weighted by Gasteiger charge is 2.24. The second-order valence-electron chi connectivity index (χ2n) is 3.76. The lowest BCUT2D eigenvalue weighted by molar-refractivity contribution is 0.177. The Morgan fingerprint density at radius 1 is 1.37 bits per heavy atom. The third-order valence-electron chi connectivity index (χ3n) is 2.30. The van der Waals surface area contributed by atoms with Crippen LogP contribution in [-0.2, 0) is 14.9 Å². The van der Waals surface area contributed by atoms with Crippen molar-refractivity contribution in [1.82, 2.24) is 4.72 Å². The number of amides is 1. The SMILES string of the molecule is CCCN(c1ccc(N)cc1)S(=O)(=O)NC(=O)OC. The molecular weight excluding hydrogens is 270 g/mol. The van der Waals surface area contributed by atoms with Gasteiger partial charge < -0.3 is 10.5 Å². The molecule has 0 aromatic heterocycles. The van der Waals surface area contributed by atoms with Crippen LogP contribution in [0.15, 0.2) is 24.3 Å². The summed E-state index contributed by atoms with van der Waals surface area (Å²) >= 11 is 0. The Bertz CT molecular complexity index is 527. The summed E-state index contributed by atoms with van der Waals surface area (Å²) in [4.78, 5) is 11.1. The Kier molecular flexibility index (Phi) is 4.99. The van der Waals surface area contributed by atoms with Gasteiger partial charge in [0.25, 0.3) is 0 Å². The molecule has 0 aliphatic carbocycles. The van der Waals surface area contributed by atoms with Crippen molar-refractivity contribution in [2.45, 2.75) is 13.3 Å². The van der Waals surface area contributed by atoms with E-state index < -0.39 is 16.3 Å². The van der Waals surface area contributed by atoms with E-state index >= 15 is 0 Å². The molecule has 1 aromatic rings. The highest BCUT2D eigenvalue weighted by Crippen LogP contribution is 2.19. The number of nitrogen functional groups attached to an aromatic ring is 1. The van der Waals surface area contributed by atoms with Gasteiger partial charge in [0, 0.05) is 12.2 Å². The summed E-state index contributed by atoms with van der Waals surface area (Å²) in [6.07, 6.45) is -0.441. The molecule has 0 saturated heterocycles. The van der Waals surface area contributed by atoms with Crippen molar-refractivity contribution in [3.63, 3.8) is 0 Å². The number of nitrogens with zero attached hydrogens (tertiary/aromatic N) is 1. The first-order chi connectivity index (χ1) is 8.90. The number of methoxy groups -OCH3 is 1. The molecule has 0 heterocycles. The van der Waals surface area contributed by atoms with Crippen molar-refractivity contribution in [2.75, 3.05) is 23.7 Å². The van der Waals surface area contributed by atoms with Crippen LogP contribution in [0, 0.1) is 0 Å². The van der Waals surface area contributed by atoms with E-state index in [0.29, 0.717) is 17.8 Å². The lowest BCUT2D eigenvalue weighted by atomic mass is 10.3. The third kappa shape index (κ3) is 4.02. The monoisotopic (exact) mass is 287 g/mol. The molecule has 19 heavy (non-hydrogen) atoms. The minimum atomic E-state index is -3.99. The highest BCUT2D eigenvalue weighted by atomic mass is 32.2. The molecule has 1 aromatic carbocycles. The normalized spacial score (nSPS) is 10.8. The number of ether oxygens (including phenoxy) is 1. The smallest absolute Gasteiger partial charge is 0.422 e. The minimum absolute atomic E-state index is 0.232. The summed E-state index contributed by atoms with van der Waals surface area (Å²) in [5.41, 5.74) is 6.50. The molecule has 0 aliphatic heterocycles. The van der Waals surface area contributed by atoms with Crippen LogP contribution in [0.2, 0.25) is 0 Å². The average Bonchev–Trinajstić information content (AvgIpc) is 2.36. The number of hydrogen-bond donors (Lipinski definition) is 2. The van der Waals surface area contributed by atoms with E-state index in [1.165, 1.54) is 0 Å². The fraction of sp³-hybridized carbons (Fsp3) is 0.364. The molecule has 1 rings (SSSR count). The maximum absolute atomic E-state index is 12.1. The summed E-state index contributed by atoms with van der Waals surface area (Å²) in [5.74, 6) is 0. The third-order valence-corrected chi connectivity index (χ3v) is 3.69. The Hall–Kier alpha value is -1.96. The lowest BCUT2D eigenvalue weighted by Crippen LogP contribution is -2.44. The Morgan fingerprint density at radius 3 is 2.42 bits per heavy atom. The number of hydrogen-bond acceptors (Lipinski definition) is 5. The van der Waals surface area contributed by atoms with E-state index in [2.05, 4.69) is 4.74 Å². The first-order valence-corrected chi connectivity index (χ1v) is 7.08. The molecule has 106 valence electrons. The largest absolute Gasteiger partial charge is 0.452 e. The molecule has 8 heteroatoms. The molecule has 0 atom stereocenters. The number of nitrogens with one attached hydrogen (secondary N) is 1. The van der Waals surface area contributed by atoms with Crippen LogP contribution in [0.1, 0.15) is 13.3 Å². The topological polar surface area (TPSA) is 102 Å². The molecule has 0 unspecified atom stereocenters. The van der Waals surface area contributed by atoms with Gasteiger partial charge in [-0.15, -0.1) is 0 Å². The van der Waals surface area contributed by atoms with E-state index in [9.17, 15) is 13.2 Å². The van der Waals surface area contributed by atoms with Gasteiger partial charge in [0.05, 0.1) is 12.8 Å². The maximum Gasteiger partial charge on any atom is 0.422 e. The Morgan fingerprint density at radius 2 is 1.95 bits per heavy atom. The summed E-state index contributed by atoms with van der Waals surface area (Å²) in [5, 5.41) is 0. The zero-order valence-electron chi connectivity index (χ0n) is 10.8. The van der Waals surface area contributed by atoms with Gasteiger partial charge in [-0.1, -0.05) is 6.92 Å². The quantitative estimate of drug-likeness (QED) is 0.789. The van der Waals surface area contributed by atoms with Gasteiger partial charge in [-0.3, -0.25) is 4.31 Å². The van der Waals surface area contributed by atoms with Gasteiger partial charge in [-0.25, -0.2) is 9.52 Å². The van der Waals surface area contributed by atoms with Crippen LogP contribution < -0.4 is 14.8 Å². The molecule has 0 aliphatic rings. The summed E-state index contributed by atoms with van der Waals surface area (Å²) in [7, 11) is -2.90. The van der Waals surface area contributed by atoms with Crippen molar-refractivity contribution in [3.8, 4) is 0 Å². The van der Waals surface area contributed by atoms with Crippen molar-refractivity contribution in [1.29, 1.82) is 0 Å². The van der Waals surface area contributed by atoms with Crippen molar-refractivity contribution >= 4 is 27.7 Å². The number of rotatable bonds is 5. The van der Waals surface area contributed by atoms with Gasteiger partial charge in [-0.05, 0) is 30.7 Å². The van der Waals surface area contributed by atoms with Gasteiger partial charge >= 0.3 is 16.3 Å². The van der Waals surface area contributed by atoms with Crippen molar-refractivity contribution in [2.24, 2.45) is 0 Å². The van der Waals surface area contributed by atoms with Crippen LogP contribution in [0.4, 0.5) is 16.2 Å². The zero-order valence-corrected chi connectivity index (χ0v) is 11.6. The van der Waals surface area contributed by atoms with Gasteiger partial charge in [0.2, 0.25) is 0 Å². The molecule has 0 bridgehead atoms. The highest BCUT2D eigenvalue weighted by molar-refractivity contribution is 7.91. The lowest BCUT2D eigenvalue weighted by Gasteiger charge is -2.23. The van der Waals surface area contributed by atoms with Crippen molar-refractivity contribution in [3.05, 3.63) is 24.3 Å². The maximum atomic E-state index is 12.1. The van der Waals surface area contributed by atoms with Crippen LogP contribution in [0.5, 0.6) is 0 Å². The molecule has 0 spiro atoms. The fourth-order valence-corrected chi connectivity index (χ4v) is 2.66. The summed E-state index contributed by atoms with van der Waals surface area (Å²) in [6, 6.07) is 6.32. The first-order valence-electron chi connectivity index (χ1n) is 5.64. The van der Waals surface area contributed by atoms with E-state index in [1.54, 1.807) is 24.3 Å². The second-order valence-corrected chi connectivity index (χ2v) is 5.36. The standard InChI is InChI=1S/C11H17N3O4S/c1-3-8-14(10-6-4-9(12)5-7-10)19(16,17)13-11(15)18-2/h4-7H,3,8,12H2,1-2H3,(H,13,15). The summed E-state index contributed by atoms with van der Waals surface area (Å²) in [6.45, 7) is 2.06. The predicted octanol–water partition coefficient (Wildman–Crippen LogP) is 1.09. The Balaban J connectivity index is 3.06. The molecule has 1 amide bonds. The Labute approximate surface area is 112 Å². The molecule has 0 fully saturated rings. The van der Waals surface area contributed by atoms with Crippen LogP contribution in [0.25, 0.3) is 0 Å². The molecule has 3 N–H and O–H groups in total. The molecule has 0 saturated carbocycles. The van der Waals surface area contributed by atoms with E-state index in [4.69, 9.17) is 5.73 Å². The van der Waals surface area contributed by atoms with E-state index in [0.717, 1.165) is 11.4 Å². The van der Waals surface area contributed by atoms with Crippen molar-refractivity contribution < 1.29 is 17.9 Å². The van der Waals surface area contributed by atoms with Crippen LogP contribution >= 0.6 is 0 Å². The molecular formula is C11H17N3O4S. The number of carbonyl (C=O) groups excluding carboxylic acids is 1. The zero-order chi connectivity index (χ0) is 14.5. The summed E-state index contributed by atoms with van der Waals surface area (Å²) < 4.78 is 31.3. The van der Waals surface area contributed by atoms with E-state index in [1.807, 2.05) is 11.6 Å². The molecule has 7 nitrogen and oxygen atoms in total.